The highest BCUT2D eigenvalue weighted by molar-refractivity contribution is 5.91. The third-order valence-corrected chi connectivity index (χ3v) is 4.96. The van der Waals surface area contributed by atoms with Crippen molar-refractivity contribution in [1.82, 2.24) is 4.90 Å². The molecule has 0 saturated carbocycles. The standard InChI is InChI=1S/C24H30N2O4/c1-24(2,3)30-23(29)18-9-10-19-15-26(12-11-17-7-5-4-6-8-17)16-20(14-22(27)28)25-21(19)13-18/h4-10,13,20,25H,11-12,14-16H2,1-3H3,(H,27,28)/t20-/m1/s1. The van der Waals surface area contributed by atoms with Crippen LogP contribution in [0, 0.1) is 0 Å². The van der Waals surface area contributed by atoms with E-state index in [4.69, 9.17) is 4.74 Å². The van der Waals surface area contributed by atoms with E-state index in [9.17, 15) is 14.7 Å². The van der Waals surface area contributed by atoms with E-state index < -0.39 is 11.6 Å². The molecule has 3 rings (SSSR count). The van der Waals surface area contributed by atoms with E-state index in [1.54, 1.807) is 12.1 Å². The number of hydrogen-bond donors (Lipinski definition) is 2. The zero-order valence-corrected chi connectivity index (χ0v) is 17.9. The van der Waals surface area contributed by atoms with Gasteiger partial charge in [0.2, 0.25) is 0 Å². The first-order chi connectivity index (χ1) is 14.2. The van der Waals surface area contributed by atoms with Gasteiger partial charge >= 0.3 is 11.9 Å². The minimum absolute atomic E-state index is 0.0118. The highest BCUT2D eigenvalue weighted by Gasteiger charge is 2.25. The molecule has 0 aromatic heterocycles. The molecular formula is C24H30N2O4. The van der Waals surface area contributed by atoms with Gasteiger partial charge in [0.25, 0.3) is 0 Å². The number of carboxylic acids is 1. The van der Waals surface area contributed by atoms with E-state index in [-0.39, 0.29) is 18.4 Å². The van der Waals surface area contributed by atoms with Gasteiger partial charge in [-0.2, -0.15) is 0 Å². The predicted octanol–water partition coefficient (Wildman–Crippen LogP) is 3.96. The van der Waals surface area contributed by atoms with E-state index in [2.05, 4.69) is 22.3 Å². The number of benzene rings is 2. The SMILES string of the molecule is CC(C)(C)OC(=O)c1ccc2c(c1)N[C@H](CC(=O)O)CN(CCc1ccccc1)C2. The molecule has 6 heteroatoms. The van der Waals surface area contributed by atoms with Crippen molar-refractivity contribution in [1.29, 1.82) is 0 Å². The highest BCUT2D eigenvalue weighted by atomic mass is 16.6. The zero-order valence-electron chi connectivity index (χ0n) is 17.9. The van der Waals surface area contributed by atoms with Crippen molar-refractivity contribution in [3.63, 3.8) is 0 Å². The number of nitrogens with zero attached hydrogens (tertiary/aromatic N) is 1. The number of hydrogen-bond acceptors (Lipinski definition) is 5. The second-order valence-corrected chi connectivity index (χ2v) is 8.78. The van der Waals surface area contributed by atoms with Crippen LogP contribution in [0.3, 0.4) is 0 Å². The lowest BCUT2D eigenvalue weighted by molar-refractivity contribution is -0.137. The minimum Gasteiger partial charge on any atom is -0.481 e. The second-order valence-electron chi connectivity index (χ2n) is 8.78. The van der Waals surface area contributed by atoms with Crippen molar-refractivity contribution in [2.45, 2.75) is 51.8 Å². The van der Waals surface area contributed by atoms with Crippen molar-refractivity contribution >= 4 is 17.6 Å². The third-order valence-electron chi connectivity index (χ3n) is 4.96. The molecule has 2 aromatic carbocycles. The molecule has 0 spiro atoms. The van der Waals surface area contributed by atoms with Crippen molar-refractivity contribution in [3.05, 3.63) is 65.2 Å². The number of nitrogens with one attached hydrogen (secondary N) is 1. The fraction of sp³-hybridized carbons (Fsp3) is 0.417. The fourth-order valence-corrected chi connectivity index (χ4v) is 3.62. The Bertz CT molecular complexity index is 890. The lowest BCUT2D eigenvalue weighted by Crippen LogP contribution is -2.36. The number of carbonyl (C=O) groups excluding carboxylic acids is 1. The monoisotopic (exact) mass is 410 g/mol. The maximum atomic E-state index is 12.5. The molecule has 2 aromatic rings. The normalized spacial score (nSPS) is 16.8. The van der Waals surface area contributed by atoms with E-state index in [1.807, 2.05) is 45.0 Å². The lowest BCUT2D eigenvalue weighted by atomic mass is 10.1. The minimum atomic E-state index is -0.845. The first-order valence-electron chi connectivity index (χ1n) is 10.3. The molecule has 1 atom stereocenters. The summed E-state index contributed by atoms with van der Waals surface area (Å²) >= 11 is 0. The van der Waals surface area contributed by atoms with Gasteiger partial charge in [0.05, 0.1) is 12.0 Å². The number of anilines is 1. The summed E-state index contributed by atoms with van der Waals surface area (Å²) in [7, 11) is 0. The number of carboxylic acid groups (broad SMARTS) is 1. The average molecular weight is 411 g/mol. The van der Waals surface area contributed by atoms with Crippen LogP contribution in [0.4, 0.5) is 5.69 Å². The molecule has 0 fully saturated rings. The summed E-state index contributed by atoms with van der Waals surface area (Å²) in [6.45, 7) is 7.64. The second kappa shape index (κ2) is 9.30. The molecule has 6 nitrogen and oxygen atoms in total. The van der Waals surface area contributed by atoms with Crippen molar-refractivity contribution in [3.8, 4) is 0 Å². The summed E-state index contributed by atoms with van der Waals surface area (Å²) < 4.78 is 5.47. The zero-order chi connectivity index (χ0) is 21.7. The Morgan fingerprint density at radius 2 is 1.90 bits per heavy atom. The molecule has 0 aliphatic carbocycles. The van der Waals surface area contributed by atoms with Crippen LogP contribution in [0.2, 0.25) is 0 Å². The van der Waals surface area contributed by atoms with Crippen molar-refractivity contribution < 1.29 is 19.4 Å². The number of fused-ring (bicyclic) bond motifs is 1. The Kier molecular flexibility index (Phi) is 6.77. The summed E-state index contributed by atoms with van der Waals surface area (Å²) in [6.07, 6.45) is 0.907. The van der Waals surface area contributed by atoms with E-state index in [0.717, 1.165) is 24.2 Å². The largest absolute Gasteiger partial charge is 0.481 e. The van der Waals surface area contributed by atoms with Crippen molar-refractivity contribution in [2.75, 3.05) is 18.4 Å². The molecular weight excluding hydrogens is 380 g/mol. The van der Waals surface area contributed by atoms with Crippen molar-refractivity contribution in [2.24, 2.45) is 0 Å². The quantitative estimate of drug-likeness (QED) is 0.702. The first kappa shape index (κ1) is 21.8. The maximum Gasteiger partial charge on any atom is 0.338 e. The first-order valence-corrected chi connectivity index (χ1v) is 10.3. The van der Waals surface area contributed by atoms with Crippen LogP contribution in [0.5, 0.6) is 0 Å². The number of ether oxygens (including phenoxy) is 1. The van der Waals surface area contributed by atoms with Crippen LogP contribution >= 0.6 is 0 Å². The van der Waals surface area contributed by atoms with Crippen LogP contribution in [0.25, 0.3) is 0 Å². The Balaban J connectivity index is 1.79. The predicted molar refractivity (Wildman–Crippen MR) is 117 cm³/mol. The fourth-order valence-electron chi connectivity index (χ4n) is 3.62. The molecule has 30 heavy (non-hydrogen) atoms. The third kappa shape index (κ3) is 6.32. The number of aliphatic carboxylic acids is 1. The molecule has 1 aliphatic heterocycles. The smallest absolute Gasteiger partial charge is 0.338 e. The van der Waals surface area contributed by atoms with Crippen LogP contribution < -0.4 is 5.32 Å². The molecule has 0 radical (unpaired) electrons. The average Bonchev–Trinajstić information content (AvgIpc) is 2.83. The van der Waals surface area contributed by atoms with Crippen LogP contribution in [0.1, 0.15) is 48.7 Å². The van der Waals surface area contributed by atoms with Gasteiger partial charge in [-0.25, -0.2) is 4.79 Å². The molecule has 1 aliphatic rings. The van der Waals surface area contributed by atoms with Crippen LogP contribution in [0.15, 0.2) is 48.5 Å². The van der Waals surface area contributed by atoms with Gasteiger partial charge in [0, 0.05) is 31.4 Å². The number of rotatable bonds is 6. The summed E-state index contributed by atoms with van der Waals surface area (Å²) in [6, 6.07) is 15.5. The molecule has 0 amide bonds. The Morgan fingerprint density at radius 1 is 1.17 bits per heavy atom. The molecule has 1 heterocycles. The summed E-state index contributed by atoms with van der Waals surface area (Å²) in [4.78, 5) is 26.1. The summed E-state index contributed by atoms with van der Waals surface area (Å²) in [5.74, 6) is -1.23. The molecule has 2 N–H and O–H groups in total. The van der Waals surface area contributed by atoms with Gasteiger partial charge in [-0.05, 0) is 50.5 Å². The van der Waals surface area contributed by atoms with Crippen LogP contribution in [-0.2, 0) is 22.5 Å². The van der Waals surface area contributed by atoms with E-state index in [1.165, 1.54) is 5.56 Å². The molecule has 0 saturated heterocycles. The Morgan fingerprint density at radius 3 is 2.57 bits per heavy atom. The summed E-state index contributed by atoms with van der Waals surface area (Å²) in [5.41, 5.74) is 2.99. The van der Waals surface area contributed by atoms with Gasteiger partial charge in [-0.15, -0.1) is 0 Å². The van der Waals surface area contributed by atoms with Gasteiger partial charge in [0.1, 0.15) is 5.60 Å². The number of esters is 1. The highest BCUT2D eigenvalue weighted by Crippen LogP contribution is 2.26. The molecule has 0 unspecified atom stereocenters. The molecule has 0 bridgehead atoms. The van der Waals surface area contributed by atoms with E-state index in [0.29, 0.717) is 18.7 Å². The summed E-state index contributed by atoms with van der Waals surface area (Å²) in [5, 5.41) is 12.7. The maximum absolute atomic E-state index is 12.5. The van der Waals surface area contributed by atoms with Crippen LogP contribution in [-0.4, -0.2) is 46.7 Å². The van der Waals surface area contributed by atoms with Gasteiger partial charge in [-0.3, -0.25) is 9.69 Å². The Hall–Kier alpha value is -2.86. The van der Waals surface area contributed by atoms with E-state index >= 15 is 0 Å². The topological polar surface area (TPSA) is 78.9 Å². The van der Waals surface area contributed by atoms with Gasteiger partial charge < -0.3 is 15.2 Å². The number of carbonyl (C=O) groups is 2. The van der Waals surface area contributed by atoms with Gasteiger partial charge in [-0.1, -0.05) is 36.4 Å². The lowest BCUT2D eigenvalue weighted by Gasteiger charge is -2.23. The van der Waals surface area contributed by atoms with Gasteiger partial charge in [0.15, 0.2) is 0 Å². The Labute approximate surface area is 177 Å². The molecule has 160 valence electrons.